The number of nitro groups is 1. The molecule has 8 nitrogen and oxygen atoms in total. The van der Waals surface area contributed by atoms with Crippen LogP contribution in [0.5, 0.6) is 0 Å². The Kier molecular flexibility index (Phi) is 3.09. The summed E-state index contributed by atoms with van der Waals surface area (Å²) in [6.45, 7) is 1.91. The van der Waals surface area contributed by atoms with Gasteiger partial charge in [-0.05, 0) is 12.5 Å². The molecular formula is C16H12N6O2. The third-order valence-electron chi connectivity index (χ3n) is 3.81. The summed E-state index contributed by atoms with van der Waals surface area (Å²) in [4.78, 5) is 18.9. The lowest BCUT2D eigenvalue weighted by molar-refractivity contribution is -0.384. The maximum Gasteiger partial charge on any atom is 0.271 e. The number of rotatable bonds is 3. The van der Waals surface area contributed by atoms with Gasteiger partial charge in [0.1, 0.15) is 17.0 Å². The number of aryl methyl sites for hydroxylation is 1. The molecule has 4 rings (SSSR count). The number of non-ortho nitro benzene ring substituents is 1. The van der Waals surface area contributed by atoms with Crippen LogP contribution in [-0.2, 0) is 0 Å². The summed E-state index contributed by atoms with van der Waals surface area (Å²) < 4.78 is 3.58. The molecular weight excluding hydrogens is 308 g/mol. The van der Waals surface area contributed by atoms with Crippen LogP contribution in [-0.4, -0.2) is 29.1 Å². The van der Waals surface area contributed by atoms with Crippen LogP contribution < -0.4 is 0 Å². The molecule has 4 aromatic rings. The minimum absolute atomic E-state index is 0.0520. The van der Waals surface area contributed by atoms with Crippen LogP contribution in [0.25, 0.3) is 22.7 Å². The molecule has 118 valence electrons. The van der Waals surface area contributed by atoms with Gasteiger partial charge in [-0.2, -0.15) is 5.10 Å². The average Bonchev–Trinajstić information content (AvgIpc) is 3.16. The van der Waals surface area contributed by atoms with Crippen LogP contribution in [0.2, 0.25) is 0 Å². The monoisotopic (exact) mass is 320 g/mol. The lowest BCUT2D eigenvalue weighted by atomic mass is 10.2. The molecule has 8 heteroatoms. The highest BCUT2D eigenvalue weighted by Gasteiger charge is 2.14. The van der Waals surface area contributed by atoms with Gasteiger partial charge >= 0.3 is 0 Å². The van der Waals surface area contributed by atoms with E-state index in [-0.39, 0.29) is 5.69 Å². The molecule has 0 N–H and O–H groups in total. The van der Waals surface area contributed by atoms with Crippen molar-refractivity contribution in [3.05, 3.63) is 70.9 Å². The van der Waals surface area contributed by atoms with Crippen molar-refractivity contribution in [1.29, 1.82) is 0 Å². The summed E-state index contributed by atoms with van der Waals surface area (Å²) in [6.07, 6.45) is 8.48. The predicted molar refractivity (Wildman–Crippen MR) is 86.9 cm³/mol. The molecule has 3 heterocycles. The Morgan fingerprint density at radius 3 is 2.75 bits per heavy atom. The fourth-order valence-electron chi connectivity index (χ4n) is 2.61. The minimum atomic E-state index is -0.398. The van der Waals surface area contributed by atoms with Crippen LogP contribution >= 0.6 is 0 Å². The zero-order valence-electron chi connectivity index (χ0n) is 12.7. The number of nitro benzene ring substituents is 1. The van der Waals surface area contributed by atoms with E-state index in [0.717, 1.165) is 16.9 Å². The van der Waals surface area contributed by atoms with Crippen LogP contribution in [0.15, 0.2) is 55.2 Å². The maximum absolute atomic E-state index is 11.1. The lowest BCUT2D eigenvalue weighted by Gasteiger charge is -2.07. The first-order chi connectivity index (χ1) is 11.6. The van der Waals surface area contributed by atoms with E-state index in [1.165, 1.54) is 6.07 Å². The SMILES string of the molecule is Cc1ccc([N+](=O)[O-])cc1-n1ccn2nc(-c3cnccn3)cc12. The Labute approximate surface area is 136 Å². The molecule has 0 saturated heterocycles. The normalized spacial score (nSPS) is 11.0. The van der Waals surface area contributed by atoms with Crippen LogP contribution in [0.3, 0.4) is 0 Å². The molecule has 0 unspecified atom stereocenters. The molecule has 0 amide bonds. The van der Waals surface area contributed by atoms with E-state index in [4.69, 9.17) is 0 Å². The van der Waals surface area contributed by atoms with Crippen molar-refractivity contribution in [2.45, 2.75) is 6.92 Å². The zero-order valence-corrected chi connectivity index (χ0v) is 12.7. The Hall–Kier alpha value is -3.55. The number of hydrogen-bond donors (Lipinski definition) is 0. The molecule has 1 aromatic carbocycles. The van der Waals surface area contributed by atoms with E-state index >= 15 is 0 Å². The first-order valence-electron chi connectivity index (χ1n) is 7.22. The summed E-state index contributed by atoms with van der Waals surface area (Å²) in [5, 5.41) is 15.5. The van der Waals surface area contributed by atoms with Crippen molar-refractivity contribution in [2.24, 2.45) is 0 Å². The smallest absolute Gasteiger partial charge is 0.271 e. The molecule has 0 aliphatic rings. The molecule has 0 aliphatic carbocycles. The number of nitrogens with zero attached hydrogens (tertiary/aromatic N) is 6. The first-order valence-corrected chi connectivity index (χ1v) is 7.22. The number of benzene rings is 1. The summed E-state index contributed by atoms with van der Waals surface area (Å²) in [6, 6.07) is 6.68. The highest BCUT2D eigenvalue weighted by atomic mass is 16.6. The van der Waals surface area contributed by atoms with Crippen molar-refractivity contribution >= 4 is 11.3 Å². The van der Waals surface area contributed by atoms with E-state index in [9.17, 15) is 10.1 Å². The summed E-state index contributed by atoms with van der Waals surface area (Å²) in [7, 11) is 0. The number of hydrogen-bond acceptors (Lipinski definition) is 5. The fourth-order valence-corrected chi connectivity index (χ4v) is 2.61. The highest BCUT2D eigenvalue weighted by Crippen LogP contribution is 2.25. The van der Waals surface area contributed by atoms with E-state index in [0.29, 0.717) is 11.4 Å². The largest absolute Gasteiger partial charge is 0.300 e. The third kappa shape index (κ3) is 2.21. The Balaban J connectivity index is 1.88. The van der Waals surface area contributed by atoms with Gasteiger partial charge in [0.2, 0.25) is 0 Å². The second-order valence-corrected chi connectivity index (χ2v) is 5.32. The summed E-state index contributed by atoms with van der Waals surface area (Å²) in [5.74, 6) is 0. The van der Waals surface area contributed by atoms with Crippen LogP contribution in [0, 0.1) is 17.0 Å². The van der Waals surface area contributed by atoms with Gasteiger partial charge in [-0.15, -0.1) is 0 Å². The maximum atomic E-state index is 11.1. The van der Waals surface area contributed by atoms with Crippen molar-refractivity contribution in [3.63, 3.8) is 0 Å². The number of aromatic nitrogens is 5. The molecule has 0 fully saturated rings. The van der Waals surface area contributed by atoms with Gasteiger partial charge in [-0.1, -0.05) is 6.07 Å². The third-order valence-corrected chi connectivity index (χ3v) is 3.81. The fraction of sp³-hybridized carbons (Fsp3) is 0.0625. The molecule has 0 atom stereocenters. The lowest BCUT2D eigenvalue weighted by Crippen LogP contribution is -1.98. The Morgan fingerprint density at radius 2 is 2.00 bits per heavy atom. The highest BCUT2D eigenvalue weighted by molar-refractivity contribution is 5.63. The molecule has 0 spiro atoms. The first kappa shape index (κ1) is 14.1. The van der Waals surface area contributed by atoms with Gasteiger partial charge in [-0.3, -0.25) is 24.6 Å². The van der Waals surface area contributed by atoms with Crippen LogP contribution in [0.1, 0.15) is 5.56 Å². The number of fused-ring (bicyclic) bond motifs is 1. The molecule has 0 saturated carbocycles. The van der Waals surface area contributed by atoms with Gasteiger partial charge in [0.15, 0.2) is 0 Å². The van der Waals surface area contributed by atoms with Crippen molar-refractivity contribution < 1.29 is 4.92 Å². The van der Waals surface area contributed by atoms with E-state index in [2.05, 4.69) is 15.1 Å². The van der Waals surface area contributed by atoms with Crippen molar-refractivity contribution in [1.82, 2.24) is 24.1 Å². The van der Waals surface area contributed by atoms with Gasteiger partial charge < -0.3 is 0 Å². The Morgan fingerprint density at radius 1 is 1.12 bits per heavy atom. The molecule has 0 radical (unpaired) electrons. The molecule has 0 bridgehead atoms. The predicted octanol–water partition coefficient (Wildman–Crippen LogP) is 2.80. The van der Waals surface area contributed by atoms with E-state index in [1.807, 2.05) is 23.8 Å². The zero-order chi connectivity index (χ0) is 16.7. The second kappa shape index (κ2) is 5.27. The summed E-state index contributed by atoms with van der Waals surface area (Å²) >= 11 is 0. The van der Waals surface area contributed by atoms with Gasteiger partial charge in [0.05, 0.1) is 16.8 Å². The quantitative estimate of drug-likeness (QED) is 0.427. The topological polar surface area (TPSA) is 91.2 Å². The van der Waals surface area contributed by atoms with Crippen molar-refractivity contribution in [3.8, 4) is 17.1 Å². The van der Waals surface area contributed by atoms with Crippen molar-refractivity contribution in [2.75, 3.05) is 0 Å². The molecule has 0 aliphatic heterocycles. The standard InChI is InChI=1S/C16H12N6O2/c1-11-2-3-12(22(23)24)8-15(11)20-6-7-21-16(20)9-13(19-21)14-10-17-4-5-18-14/h2-10H,1H3. The van der Waals surface area contributed by atoms with E-state index < -0.39 is 4.92 Å². The van der Waals surface area contributed by atoms with E-state index in [1.54, 1.807) is 41.4 Å². The second-order valence-electron chi connectivity index (χ2n) is 5.32. The number of imidazole rings is 1. The van der Waals surface area contributed by atoms with Gasteiger partial charge in [0.25, 0.3) is 5.69 Å². The van der Waals surface area contributed by atoms with Gasteiger partial charge in [0, 0.05) is 43.0 Å². The average molecular weight is 320 g/mol. The Bertz CT molecular complexity index is 1050. The van der Waals surface area contributed by atoms with Gasteiger partial charge in [-0.25, -0.2) is 4.52 Å². The summed E-state index contributed by atoms with van der Waals surface area (Å²) in [5.41, 5.74) is 3.88. The molecule has 3 aromatic heterocycles. The minimum Gasteiger partial charge on any atom is -0.300 e. The molecule has 24 heavy (non-hydrogen) atoms. The van der Waals surface area contributed by atoms with Crippen LogP contribution in [0.4, 0.5) is 5.69 Å².